The van der Waals surface area contributed by atoms with Crippen LogP contribution in [0.15, 0.2) is 65.6 Å². The van der Waals surface area contributed by atoms with Crippen molar-refractivity contribution in [2.45, 2.75) is 4.90 Å². The number of benzene rings is 3. The minimum absolute atomic E-state index is 0.0142. The van der Waals surface area contributed by atoms with E-state index in [0.29, 0.717) is 22.9 Å². The van der Waals surface area contributed by atoms with Crippen molar-refractivity contribution in [1.29, 1.82) is 0 Å². The van der Waals surface area contributed by atoms with Gasteiger partial charge in [-0.2, -0.15) is 4.31 Å². The molecule has 178 valence electrons. The summed E-state index contributed by atoms with van der Waals surface area (Å²) in [6.45, 7) is 0.306. The Hall–Kier alpha value is -3.60. The highest BCUT2D eigenvalue weighted by Gasteiger charge is 2.31. The minimum Gasteiger partial charge on any atom is -0.493 e. The Morgan fingerprint density at radius 1 is 0.941 bits per heavy atom. The van der Waals surface area contributed by atoms with E-state index in [1.165, 1.54) is 33.4 Å². The summed E-state index contributed by atoms with van der Waals surface area (Å²) in [6, 6.07) is 16.4. The number of anilines is 1. The molecule has 0 spiro atoms. The molecule has 0 radical (unpaired) electrons. The molecule has 34 heavy (non-hydrogen) atoms. The summed E-state index contributed by atoms with van der Waals surface area (Å²) in [5.41, 5.74) is 0.528. The highest BCUT2D eigenvalue weighted by molar-refractivity contribution is 7.89. The van der Waals surface area contributed by atoms with Crippen LogP contribution < -0.4 is 19.5 Å². The summed E-state index contributed by atoms with van der Waals surface area (Å²) in [7, 11) is 0.335. The third-order valence-electron chi connectivity index (χ3n) is 5.23. The van der Waals surface area contributed by atoms with Gasteiger partial charge in [-0.25, -0.2) is 8.42 Å². The number of hydrogen-bond acceptors (Lipinski definition) is 7. The molecule has 1 heterocycles. The summed E-state index contributed by atoms with van der Waals surface area (Å²) >= 11 is 0. The second-order valence-corrected chi connectivity index (χ2v) is 9.43. The Balaban J connectivity index is 1.88. The molecular weight excluding hydrogens is 460 g/mol. The number of para-hydroxylation sites is 4. The van der Waals surface area contributed by atoms with E-state index in [1.54, 1.807) is 48.5 Å². The molecule has 9 nitrogen and oxygen atoms in total. The first-order chi connectivity index (χ1) is 16.3. The van der Waals surface area contributed by atoms with Gasteiger partial charge in [-0.05, 0) is 30.3 Å². The van der Waals surface area contributed by atoms with Crippen LogP contribution in [0.3, 0.4) is 0 Å². The molecule has 0 fully saturated rings. The van der Waals surface area contributed by atoms with Crippen LogP contribution in [-0.4, -0.2) is 53.0 Å². The van der Waals surface area contributed by atoms with Crippen molar-refractivity contribution in [3.8, 4) is 28.7 Å². The maximum atomic E-state index is 13.5. The van der Waals surface area contributed by atoms with Crippen LogP contribution in [0.4, 0.5) is 5.69 Å². The van der Waals surface area contributed by atoms with Crippen molar-refractivity contribution in [1.82, 2.24) is 4.31 Å². The standard InChI is InChI=1S/C24H24N2O7S/c1-26(12-13-30-2)34(28,29)23-14-16-21(32-18-9-5-4-8-17(18)25-24(16)27)15-22(23)33-20-11-7-6-10-19(20)31-3/h4-11,14-15H,12-13H2,1-3H3,(H,25,27). The molecule has 1 aliphatic heterocycles. The minimum atomic E-state index is -4.07. The lowest BCUT2D eigenvalue weighted by Gasteiger charge is -2.21. The smallest absolute Gasteiger partial charge is 0.259 e. The maximum Gasteiger partial charge on any atom is 0.259 e. The van der Waals surface area contributed by atoms with Gasteiger partial charge in [0.2, 0.25) is 10.0 Å². The van der Waals surface area contributed by atoms with E-state index in [9.17, 15) is 13.2 Å². The quantitative estimate of drug-likeness (QED) is 0.513. The number of carbonyl (C=O) groups excluding carboxylic acids is 1. The van der Waals surface area contributed by atoms with Crippen molar-refractivity contribution in [3.63, 3.8) is 0 Å². The highest BCUT2D eigenvalue weighted by atomic mass is 32.2. The number of ether oxygens (including phenoxy) is 4. The molecule has 1 aliphatic rings. The number of methoxy groups -OCH3 is 2. The molecule has 0 bridgehead atoms. The van der Waals surface area contributed by atoms with Crippen LogP contribution in [-0.2, 0) is 14.8 Å². The van der Waals surface area contributed by atoms with Gasteiger partial charge in [0.05, 0.1) is 25.0 Å². The molecule has 0 aliphatic carbocycles. The van der Waals surface area contributed by atoms with E-state index in [-0.39, 0.29) is 35.1 Å². The number of rotatable bonds is 8. The zero-order valence-corrected chi connectivity index (χ0v) is 19.7. The second kappa shape index (κ2) is 9.72. The number of hydrogen-bond donors (Lipinski definition) is 1. The number of likely N-dealkylation sites (N-methyl/N-ethyl adjacent to an activating group) is 1. The first-order valence-corrected chi connectivity index (χ1v) is 11.8. The summed E-state index contributed by atoms with van der Waals surface area (Å²) in [5, 5.41) is 2.75. The topological polar surface area (TPSA) is 103 Å². The fourth-order valence-electron chi connectivity index (χ4n) is 3.38. The van der Waals surface area contributed by atoms with Crippen LogP contribution in [0.25, 0.3) is 0 Å². The molecule has 0 aromatic heterocycles. The van der Waals surface area contributed by atoms with Gasteiger partial charge < -0.3 is 24.3 Å². The molecule has 0 atom stereocenters. The Morgan fingerprint density at radius 2 is 1.65 bits per heavy atom. The predicted octanol–water partition coefficient (Wildman–Crippen LogP) is 4.11. The van der Waals surface area contributed by atoms with E-state index < -0.39 is 15.9 Å². The Morgan fingerprint density at radius 3 is 2.38 bits per heavy atom. The third-order valence-corrected chi connectivity index (χ3v) is 7.11. The van der Waals surface area contributed by atoms with E-state index in [4.69, 9.17) is 18.9 Å². The van der Waals surface area contributed by atoms with Gasteiger partial charge in [0.25, 0.3) is 5.91 Å². The van der Waals surface area contributed by atoms with Crippen molar-refractivity contribution in [3.05, 3.63) is 66.2 Å². The lowest BCUT2D eigenvalue weighted by molar-refractivity contribution is 0.102. The summed E-state index contributed by atoms with van der Waals surface area (Å²) in [6.07, 6.45) is 0. The van der Waals surface area contributed by atoms with Crippen LogP contribution >= 0.6 is 0 Å². The molecular formula is C24H24N2O7S. The average Bonchev–Trinajstić information content (AvgIpc) is 2.97. The second-order valence-electron chi connectivity index (χ2n) is 7.42. The van der Waals surface area contributed by atoms with Crippen LogP contribution in [0.2, 0.25) is 0 Å². The molecule has 0 unspecified atom stereocenters. The highest BCUT2D eigenvalue weighted by Crippen LogP contribution is 2.43. The first-order valence-electron chi connectivity index (χ1n) is 10.4. The fourth-order valence-corrected chi connectivity index (χ4v) is 4.65. The van der Waals surface area contributed by atoms with Gasteiger partial charge in [0.1, 0.15) is 10.6 Å². The van der Waals surface area contributed by atoms with E-state index in [1.807, 2.05) is 0 Å². The largest absolute Gasteiger partial charge is 0.493 e. The molecule has 10 heteroatoms. The van der Waals surface area contributed by atoms with Gasteiger partial charge in [-0.1, -0.05) is 24.3 Å². The Labute approximate surface area is 197 Å². The fraction of sp³-hybridized carbons (Fsp3) is 0.208. The number of sulfonamides is 1. The number of nitrogens with zero attached hydrogens (tertiary/aromatic N) is 1. The lowest BCUT2D eigenvalue weighted by Crippen LogP contribution is -2.30. The molecule has 1 amide bonds. The maximum absolute atomic E-state index is 13.5. The average molecular weight is 485 g/mol. The van der Waals surface area contributed by atoms with Gasteiger partial charge in [-0.15, -0.1) is 0 Å². The molecule has 4 rings (SSSR count). The normalized spacial score (nSPS) is 12.8. The summed E-state index contributed by atoms with van der Waals surface area (Å²) < 4.78 is 50.5. The number of nitrogens with one attached hydrogen (secondary N) is 1. The van der Waals surface area contributed by atoms with Crippen LogP contribution in [0, 0.1) is 0 Å². The molecule has 3 aromatic rings. The van der Waals surface area contributed by atoms with Crippen molar-refractivity contribution in [2.75, 3.05) is 39.7 Å². The van der Waals surface area contributed by atoms with E-state index in [2.05, 4.69) is 5.32 Å². The van der Waals surface area contributed by atoms with Gasteiger partial charge in [-0.3, -0.25) is 4.79 Å². The summed E-state index contributed by atoms with van der Waals surface area (Å²) in [4.78, 5) is 12.8. The molecule has 3 aromatic carbocycles. The number of carbonyl (C=O) groups is 1. The third kappa shape index (κ3) is 4.56. The van der Waals surface area contributed by atoms with Gasteiger partial charge >= 0.3 is 0 Å². The van der Waals surface area contributed by atoms with Crippen LogP contribution in [0.5, 0.6) is 28.7 Å². The van der Waals surface area contributed by atoms with E-state index in [0.717, 1.165) is 4.31 Å². The van der Waals surface area contributed by atoms with Crippen molar-refractivity contribution >= 4 is 21.6 Å². The summed E-state index contributed by atoms with van der Waals surface area (Å²) in [5.74, 6) is 0.785. The van der Waals surface area contributed by atoms with Crippen molar-refractivity contribution in [2.24, 2.45) is 0 Å². The monoisotopic (exact) mass is 484 g/mol. The van der Waals surface area contributed by atoms with Gasteiger partial charge in [0.15, 0.2) is 23.0 Å². The zero-order chi connectivity index (χ0) is 24.3. The Kier molecular flexibility index (Phi) is 6.73. The Bertz CT molecular complexity index is 1320. The lowest BCUT2D eigenvalue weighted by atomic mass is 10.1. The molecule has 1 N–H and O–H groups in total. The number of amides is 1. The predicted molar refractivity (Wildman–Crippen MR) is 126 cm³/mol. The van der Waals surface area contributed by atoms with Gasteiger partial charge in [0, 0.05) is 26.8 Å². The number of fused-ring (bicyclic) bond motifs is 2. The molecule has 0 saturated heterocycles. The van der Waals surface area contributed by atoms with Crippen molar-refractivity contribution < 1.29 is 32.2 Å². The first kappa shape index (κ1) is 23.6. The zero-order valence-electron chi connectivity index (χ0n) is 18.9. The molecule has 0 saturated carbocycles. The van der Waals surface area contributed by atoms with E-state index >= 15 is 0 Å². The SMILES string of the molecule is COCCN(C)S(=O)(=O)c1cc2c(cc1Oc1ccccc1OC)Oc1ccccc1NC2=O. The van der Waals surface area contributed by atoms with Crippen LogP contribution in [0.1, 0.15) is 10.4 Å².